The first-order valence-corrected chi connectivity index (χ1v) is 6.22. The minimum absolute atomic E-state index is 0.175. The van der Waals surface area contributed by atoms with Gasteiger partial charge in [0.2, 0.25) is 0 Å². The molecule has 0 atom stereocenters. The molecule has 3 N–H and O–H groups in total. The summed E-state index contributed by atoms with van der Waals surface area (Å²) >= 11 is 0. The summed E-state index contributed by atoms with van der Waals surface area (Å²) in [5, 5.41) is 2.91. The number of carbonyl (C=O) groups is 1. The van der Waals surface area contributed by atoms with Gasteiger partial charge in [-0.1, -0.05) is 18.2 Å². The minimum Gasteiger partial charge on any atom is -0.398 e. The molecule has 0 aliphatic heterocycles. The maximum Gasteiger partial charge on any atom is 0.257 e. The van der Waals surface area contributed by atoms with Crippen LogP contribution < -0.4 is 11.1 Å². The van der Waals surface area contributed by atoms with Crippen LogP contribution in [0.15, 0.2) is 36.4 Å². The Bertz CT molecular complexity index is 633. The van der Waals surface area contributed by atoms with Crippen molar-refractivity contribution in [2.24, 2.45) is 0 Å². The van der Waals surface area contributed by atoms with Gasteiger partial charge >= 0.3 is 0 Å². The van der Waals surface area contributed by atoms with E-state index in [1.165, 1.54) is 0 Å². The number of hydrogen-bond donors (Lipinski definition) is 2. The second-order valence-corrected chi connectivity index (χ2v) is 4.79. The van der Waals surface area contributed by atoms with E-state index in [0.29, 0.717) is 11.3 Å². The van der Waals surface area contributed by atoms with Gasteiger partial charge in [-0.3, -0.25) is 4.79 Å². The fourth-order valence-corrected chi connectivity index (χ4v) is 1.97. The first-order valence-electron chi connectivity index (χ1n) is 6.22. The Balaban J connectivity index is 2.28. The molecule has 0 aliphatic rings. The topological polar surface area (TPSA) is 55.1 Å². The number of nitrogens with one attached hydrogen (secondary N) is 1. The van der Waals surface area contributed by atoms with Crippen molar-refractivity contribution in [3.8, 4) is 0 Å². The number of benzene rings is 2. The van der Waals surface area contributed by atoms with Crippen molar-refractivity contribution in [2.45, 2.75) is 20.8 Å². The monoisotopic (exact) mass is 254 g/mol. The van der Waals surface area contributed by atoms with Crippen LogP contribution in [-0.2, 0) is 0 Å². The molecular weight excluding hydrogens is 236 g/mol. The van der Waals surface area contributed by atoms with Gasteiger partial charge in [-0.05, 0) is 55.7 Å². The summed E-state index contributed by atoms with van der Waals surface area (Å²) in [7, 11) is 0. The molecular formula is C16H18N2O. The van der Waals surface area contributed by atoms with Crippen molar-refractivity contribution >= 4 is 17.3 Å². The molecule has 0 aliphatic carbocycles. The molecule has 3 nitrogen and oxygen atoms in total. The highest BCUT2D eigenvalue weighted by Gasteiger charge is 2.11. The molecule has 0 unspecified atom stereocenters. The molecule has 2 rings (SSSR count). The van der Waals surface area contributed by atoms with Crippen LogP contribution in [-0.4, -0.2) is 5.91 Å². The highest BCUT2D eigenvalue weighted by atomic mass is 16.1. The fraction of sp³-hybridized carbons (Fsp3) is 0.188. The standard InChI is InChI=1S/C16H18N2O/c1-10-7-8-13(14(17)9-10)16(19)18-15-6-4-5-11(2)12(15)3/h4-9H,17H2,1-3H3,(H,18,19). The van der Waals surface area contributed by atoms with Crippen LogP contribution in [0.5, 0.6) is 0 Å². The Morgan fingerprint density at radius 3 is 2.53 bits per heavy atom. The number of hydrogen-bond acceptors (Lipinski definition) is 2. The summed E-state index contributed by atoms with van der Waals surface area (Å²) in [6.45, 7) is 5.96. The first kappa shape index (κ1) is 13.1. The summed E-state index contributed by atoms with van der Waals surface area (Å²) in [6.07, 6.45) is 0. The second-order valence-electron chi connectivity index (χ2n) is 4.79. The van der Waals surface area contributed by atoms with Crippen molar-refractivity contribution in [1.82, 2.24) is 0 Å². The molecule has 0 spiro atoms. The number of nitrogen functional groups attached to an aromatic ring is 1. The number of amides is 1. The predicted octanol–water partition coefficient (Wildman–Crippen LogP) is 3.45. The molecule has 98 valence electrons. The van der Waals surface area contributed by atoms with Crippen molar-refractivity contribution in [1.29, 1.82) is 0 Å². The maximum atomic E-state index is 12.2. The molecule has 1 amide bonds. The number of anilines is 2. The third kappa shape index (κ3) is 2.76. The van der Waals surface area contributed by atoms with Crippen LogP contribution in [0, 0.1) is 20.8 Å². The van der Waals surface area contributed by atoms with Crippen LogP contribution in [0.1, 0.15) is 27.0 Å². The zero-order valence-electron chi connectivity index (χ0n) is 11.4. The summed E-state index contributed by atoms with van der Waals surface area (Å²) in [4.78, 5) is 12.2. The van der Waals surface area contributed by atoms with Crippen LogP contribution >= 0.6 is 0 Å². The molecule has 3 heteroatoms. The van der Waals surface area contributed by atoms with E-state index < -0.39 is 0 Å². The summed E-state index contributed by atoms with van der Waals surface area (Å²) < 4.78 is 0. The molecule has 2 aromatic carbocycles. The average Bonchev–Trinajstić information content (AvgIpc) is 2.34. The summed E-state index contributed by atoms with van der Waals surface area (Å²) in [5.74, 6) is -0.175. The molecule has 2 aromatic rings. The zero-order chi connectivity index (χ0) is 14.0. The molecule has 0 radical (unpaired) electrons. The van der Waals surface area contributed by atoms with Gasteiger partial charge in [0.25, 0.3) is 5.91 Å². The van der Waals surface area contributed by atoms with Crippen molar-refractivity contribution in [3.05, 3.63) is 58.7 Å². The lowest BCUT2D eigenvalue weighted by molar-refractivity contribution is 0.102. The number of rotatable bonds is 2. The molecule has 0 fully saturated rings. The maximum absolute atomic E-state index is 12.2. The lowest BCUT2D eigenvalue weighted by Crippen LogP contribution is -2.15. The number of carbonyl (C=O) groups excluding carboxylic acids is 1. The lowest BCUT2D eigenvalue weighted by atomic mass is 10.1. The van der Waals surface area contributed by atoms with E-state index in [1.807, 2.05) is 45.0 Å². The van der Waals surface area contributed by atoms with Crippen molar-refractivity contribution in [3.63, 3.8) is 0 Å². The van der Waals surface area contributed by atoms with E-state index in [1.54, 1.807) is 12.1 Å². The molecule has 0 heterocycles. The van der Waals surface area contributed by atoms with Crippen LogP contribution in [0.2, 0.25) is 0 Å². The Labute approximate surface area is 113 Å². The highest BCUT2D eigenvalue weighted by molar-refractivity contribution is 6.08. The van der Waals surface area contributed by atoms with E-state index in [-0.39, 0.29) is 5.91 Å². The van der Waals surface area contributed by atoms with E-state index >= 15 is 0 Å². The van der Waals surface area contributed by atoms with E-state index in [4.69, 9.17) is 5.73 Å². The van der Waals surface area contributed by atoms with Gasteiger partial charge in [-0.15, -0.1) is 0 Å². The quantitative estimate of drug-likeness (QED) is 0.806. The minimum atomic E-state index is -0.175. The predicted molar refractivity (Wildman–Crippen MR) is 79.5 cm³/mol. The van der Waals surface area contributed by atoms with Crippen molar-refractivity contribution < 1.29 is 4.79 Å². The van der Waals surface area contributed by atoms with Crippen LogP contribution in [0.4, 0.5) is 11.4 Å². The molecule has 0 aromatic heterocycles. The van der Waals surface area contributed by atoms with Gasteiger partial charge < -0.3 is 11.1 Å². The SMILES string of the molecule is Cc1ccc(C(=O)Nc2cccc(C)c2C)c(N)c1. The molecule has 19 heavy (non-hydrogen) atoms. The Kier molecular flexibility index (Phi) is 3.56. The average molecular weight is 254 g/mol. The van der Waals surface area contributed by atoms with E-state index in [9.17, 15) is 4.79 Å². The van der Waals surface area contributed by atoms with Crippen LogP contribution in [0.3, 0.4) is 0 Å². The normalized spacial score (nSPS) is 10.3. The number of aryl methyl sites for hydroxylation is 2. The van der Waals surface area contributed by atoms with Gasteiger partial charge in [-0.2, -0.15) is 0 Å². The molecule has 0 saturated carbocycles. The largest absolute Gasteiger partial charge is 0.398 e. The van der Waals surface area contributed by atoms with E-state index in [0.717, 1.165) is 22.4 Å². The van der Waals surface area contributed by atoms with E-state index in [2.05, 4.69) is 5.32 Å². The number of nitrogens with two attached hydrogens (primary N) is 1. The van der Waals surface area contributed by atoms with Crippen molar-refractivity contribution in [2.75, 3.05) is 11.1 Å². The van der Waals surface area contributed by atoms with Gasteiger partial charge in [0.05, 0.1) is 5.56 Å². The summed E-state index contributed by atoms with van der Waals surface area (Å²) in [6, 6.07) is 11.3. The van der Waals surface area contributed by atoms with Gasteiger partial charge in [0.1, 0.15) is 0 Å². The molecule has 0 bridgehead atoms. The first-order chi connectivity index (χ1) is 8.99. The zero-order valence-corrected chi connectivity index (χ0v) is 11.4. The molecule has 0 saturated heterocycles. The second kappa shape index (κ2) is 5.14. The smallest absolute Gasteiger partial charge is 0.257 e. The lowest BCUT2D eigenvalue weighted by Gasteiger charge is -2.11. The Morgan fingerprint density at radius 2 is 1.84 bits per heavy atom. The Hall–Kier alpha value is -2.29. The van der Waals surface area contributed by atoms with Gasteiger partial charge in [-0.25, -0.2) is 0 Å². The van der Waals surface area contributed by atoms with Gasteiger partial charge in [0, 0.05) is 11.4 Å². The Morgan fingerprint density at radius 1 is 1.11 bits per heavy atom. The van der Waals surface area contributed by atoms with Gasteiger partial charge in [0.15, 0.2) is 0 Å². The fourth-order valence-electron chi connectivity index (χ4n) is 1.97. The third-order valence-corrected chi connectivity index (χ3v) is 3.30. The summed E-state index contributed by atoms with van der Waals surface area (Å²) in [5.41, 5.74) is 11.0. The third-order valence-electron chi connectivity index (χ3n) is 3.30. The highest BCUT2D eigenvalue weighted by Crippen LogP contribution is 2.20. The van der Waals surface area contributed by atoms with Crippen LogP contribution in [0.25, 0.3) is 0 Å².